The number of aromatic carboxylic acids is 1. The molecule has 0 unspecified atom stereocenters. The molecule has 18 heavy (non-hydrogen) atoms. The summed E-state index contributed by atoms with van der Waals surface area (Å²) in [6.45, 7) is 3.52. The van der Waals surface area contributed by atoms with Gasteiger partial charge in [0.05, 0.1) is 11.9 Å². The first-order valence-electron chi connectivity index (χ1n) is 5.46. The first kappa shape index (κ1) is 12.2. The highest BCUT2D eigenvalue weighted by atomic mass is 19.1. The normalized spacial score (nSPS) is 10.4. The minimum atomic E-state index is -1.28. The Labute approximate surface area is 104 Å². The second kappa shape index (κ2) is 4.56. The average Bonchev–Trinajstić information content (AvgIpc) is 2.30. The molecule has 0 saturated carbocycles. The highest BCUT2D eigenvalue weighted by Crippen LogP contribution is 2.25. The zero-order valence-electron chi connectivity index (χ0n) is 10.1. The molecule has 0 amide bonds. The van der Waals surface area contributed by atoms with Gasteiger partial charge in [-0.15, -0.1) is 0 Å². The molecule has 3 nitrogen and oxygen atoms in total. The van der Waals surface area contributed by atoms with E-state index in [-0.39, 0.29) is 5.56 Å². The minimum absolute atomic E-state index is 0.319. The summed E-state index contributed by atoms with van der Waals surface area (Å²) in [6, 6.07) is 7.49. The summed E-state index contributed by atoms with van der Waals surface area (Å²) in [4.78, 5) is 15.0. The van der Waals surface area contributed by atoms with Gasteiger partial charge in [0, 0.05) is 5.56 Å². The van der Waals surface area contributed by atoms with Crippen molar-refractivity contribution < 1.29 is 14.3 Å². The smallest absolute Gasteiger partial charge is 0.339 e. The lowest BCUT2D eigenvalue weighted by molar-refractivity contribution is 0.0691. The maximum atomic E-state index is 13.4. The zero-order valence-corrected chi connectivity index (χ0v) is 10.1. The van der Waals surface area contributed by atoms with Crippen LogP contribution in [-0.2, 0) is 0 Å². The number of benzene rings is 1. The fourth-order valence-electron chi connectivity index (χ4n) is 1.85. The molecule has 0 aliphatic carbocycles. The lowest BCUT2D eigenvalue weighted by Gasteiger charge is -2.09. The summed E-state index contributed by atoms with van der Waals surface area (Å²) in [5.74, 6) is -2.09. The van der Waals surface area contributed by atoms with Gasteiger partial charge in [-0.1, -0.05) is 29.8 Å². The number of pyridine rings is 1. The number of halogens is 1. The van der Waals surface area contributed by atoms with Gasteiger partial charge in [0.25, 0.3) is 0 Å². The van der Waals surface area contributed by atoms with Crippen molar-refractivity contribution in [3.8, 4) is 11.3 Å². The Morgan fingerprint density at radius 2 is 1.83 bits per heavy atom. The van der Waals surface area contributed by atoms with Gasteiger partial charge in [0.15, 0.2) is 5.82 Å². The number of carboxylic acid groups (broad SMARTS) is 1. The molecule has 1 N–H and O–H groups in total. The van der Waals surface area contributed by atoms with E-state index >= 15 is 0 Å². The van der Waals surface area contributed by atoms with E-state index in [2.05, 4.69) is 4.98 Å². The van der Waals surface area contributed by atoms with Crippen LogP contribution in [0.25, 0.3) is 11.3 Å². The number of carbonyl (C=O) groups is 1. The van der Waals surface area contributed by atoms with Crippen LogP contribution in [0.4, 0.5) is 4.39 Å². The molecule has 0 bridgehead atoms. The Hall–Kier alpha value is -2.23. The molecule has 1 aromatic heterocycles. The molecule has 0 atom stereocenters. The molecule has 0 saturated heterocycles. The summed E-state index contributed by atoms with van der Waals surface area (Å²) >= 11 is 0. The largest absolute Gasteiger partial charge is 0.478 e. The summed E-state index contributed by atoms with van der Waals surface area (Å²) in [5, 5.41) is 8.99. The summed E-state index contributed by atoms with van der Waals surface area (Å²) < 4.78 is 13.4. The van der Waals surface area contributed by atoms with Crippen LogP contribution in [0.5, 0.6) is 0 Å². The first-order chi connectivity index (χ1) is 8.50. The highest BCUT2D eigenvalue weighted by molar-refractivity contribution is 5.91. The maximum absolute atomic E-state index is 13.4. The molecule has 92 valence electrons. The Morgan fingerprint density at radius 1 is 1.22 bits per heavy atom. The molecule has 0 spiro atoms. The van der Waals surface area contributed by atoms with Crippen LogP contribution in [0.2, 0.25) is 0 Å². The van der Waals surface area contributed by atoms with E-state index < -0.39 is 11.8 Å². The number of aryl methyl sites for hydroxylation is 1. The third kappa shape index (κ3) is 2.09. The second-order valence-corrected chi connectivity index (χ2v) is 4.13. The van der Waals surface area contributed by atoms with E-state index in [4.69, 9.17) is 5.11 Å². The van der Waals surface area contributed by atoms with Gasteiger partial charge in [-0.2, -0.15) is 0 Å². The topological polar surface area (TPSA) is 50.2 Å². The minimum Gasteiger partial charge on any atom is -0.478 e. The summed E-state index contributed by atoms with van der Waals surface area (Å²) in [7, 11) is 0. The molecule has 0 aliphatic rings. The lowest BCUT2D eigenvalue weighted by Crippen LogP contribution is -2.06. The van der Waals surface area contributed by atoms with Crippen molar-refractivity contribution >= 4 is 5.97 Å². The Kier molecular flexibility index (Phi) is 3.10. The zero-order chi connectivity index (χ0) is 13.3. The van der Waals surface area contributed by atoms with Crippen LogP contribution >= 0.6 is 0 Å². The van der Waals surface area contributed by atoms with Gasteiger partial charge < -0.3 is 5.11 Å². The lowest BCUT2D eigenvalue weighted by atomic mass is 10.0. The van der Waals surface area contributed by atoms with Crippen molar-refractivity contribution in [2.24, 2.45) is 0 Å². The Balaban J connectivity index is 2.62. The SMILES string of the molecule is Cc1ccc(-c2ncc(F)c(C(=O)O)c2C)cc1. The van der Waals surface area contributed by atoms with Crippen molar-refractivity contribution in [3.63, 3.8) is 0 Å². The van der Waals surface area contributed by atoms with Gasteiger partial charge in [-0.3, -0.25) is 4.98 Å². The average molecular weight is 245 g/mol. The number of hydrogen-bond donors (Lipinski definition) is 1. The molecule has 2 rings (SSSR count). The monoisotopic (exact) mass is 245 g/mol. The molecule has 1 aromatic carbocycles. The predicted octanol–water partition coefficient (Wildman–Crippen LogP) is 3.20. The highest BCUT2D eigenvalue weighted by Gasteiger charge is 2.18. The van der Waals surface area contributed by atoms with Gasteiger partial charge in [-0.05, 0) is 19.4 Å². The van der Waals surface area contributed by atoms with Crippen molar-refractivity contribution in [3.05, 3.63) is 53.0 Å². The van der Waals surface area contributed by atoms with Crippen molar-refractivity contribution in [1.29, 1.82) is 0 Å². The Morgan fingerprint density at radius 3 is 2.39 bits per heavy atom. The number of hydrogen-bond acceptors (Lipinski definition) is 2. The summed E-state index contributed by atoms with van der Waals surface area (Å²) in [6.07, 6.45) is 0.950. The molecule has 0 radical (unpaired) electrons. The van der Waals surface area contributed by atoms with Gasteiger partial charge in [-0.25, -0.2) is 9.18 Å². The van der Waals surface area contributed by atoms with E-state index in [0.29, 0.717) is 11.3 Å². The quantitative estimate of drug-likeness (QED) is 0.883. The fourth-order valence-corrected chi connectivity index (χ4v) is 1.85. The number of carboxylic acids is 1. The van der Waals surface area contributed by atoms with E-state index in [9.17, 15) is 9.18 Å². The van der Waals surface area contributed by atoms with Gasteiger partial charge >= 0.3 is 5.97 Å². The summed E-state index contributed by atoms with van der Waals surface area (Å²) in [5.41, 5.74) is 2.39. The third-order valence-electron chi connectivity index (χ3n) is 2.81. The van der Waals surface area contributed by atoms with Crippen LogP contribution in [0, 0.1) is 19.7 Å². The van der Waals surface area contributed by atoms with E-state index in [1.54, 1.807) is 6.92 Å². The second-order valence-electron chi connectivity index (χ2n) is 4.13. The van der Waals surface area contributed by atoms with E-state index in [1.165, 1.54) is 0 Å². The molecule has 1 heterocycles. The molecule has 4 heteroatoms. The third-order valence-corrected chi connectivity index (χ3v) is 2.81. The van der Waals surface area contributed by atoms with Crippen LogP contribution in [0.1, 0.15) is 21.5 Å². The van der Waals surface area contributed by atoms with Crippen LogP contribution < -0.4 is 0 Å². The molecular weight excluding hydrogens is 233 g/mol. The van der Waals surface area contributed by atoms with Crippen molar-refractivity contribution in [2.75, 3.05) is 0 Å². The molecule has 0 fully saturated rings. The number of nitrogens with zero attached hydrogens (tertiary/aromatic N) is 1. The Bertz CT molecular complexity index is 606. The molecular formula is C14H12FNO2. The predicted molar refractivity (Wildman–Crippen MR) is 66.1 cm³/mol. The molecule has 2 aromatic rings. The van der Waals surface area contributed by atoms with Gasteiger partial charge in [0.1, 0.15) is 5.56 Å². The first-order valence-corrected chi connectivity index (χ1v) is 5.46. The van der Waals surface area contributed by atoms with Gasteiger partial charge in [0.2, 0.25) is 0 Å². The van der Waals surface area contributed by atoms with Crippen LogP contribution in [-0.4, -0.2) is 16.1 Å². The van der Waals surface area contributed by atoms with Crippen molar-refractivity contribution in [1.82, 2.24) is 4.98 Å². The number of rotatable bonds is 2. The van der Waals surface area contributed by atoms with Crippen LogP contribution in [0.15, 0.2) is 30.5 Å². The molecule has 0 aliphatic heterocycles. The van der Waals surface area contributed by atoms with Crippen LogP contribution in [0.3, 0.4) is 0 Å². The fraction of sp³-hybridized carbons (Fsp3) is 0.143. The van der Waals surface area contributed by atoms with E-state index in [1.807, 2.05) is 31.2 Å². The maximum Gasteiger partial charge on any atom is 0.339 e. The van der Waals surface area contributed by atoms with Crippen molar-refractivity contribution in [2.45, 2.75) is 13.8 Å². The standard InChI is InChI=1S/C14H12FNO2/c1-8-3-5-10(6-4-8)13-9(2)12(14(17)18)11(15)7-16-13/h3-7H,1-2H3,(H,17,18). The van der Waals surface area contributed by atoms with E-state index in [0.717, 1.165) is 17.3 Å². The number of aromatic nitrogens is 1.